The van der Waals surface area contributed by atoms with E-state index in [1.807, 2.05) is 11.8 Å². The van der Waals surface area contributed by atoms with Gasteiger partial charge in [0.15, 0.2) is 0 Å². The molecule has 0 aliphatic heterocycles. The minimum atomic E-state index is 0.300. The summed E-state index contributed by atoms with van der Waals surface area (Å²) >= 11 is 0. The smallest absolute Gasteiger partial charge is 0.229 e. The number of amides is 1. The van der Waals surface area contributed by atoms with Gasteiger partial charge in [0.2, 0.25) is 5.91 Å². The number of allylic oxidation sites excluding steroid dienone is 1. The third-order valence-corrected chi connectivity index (χ3v) is 2.64. The average Bonchev–Trinajstić information content (AvgIpc) is 2.93. The fourth-order valence-corrected chi connectivity index (χ4v) is 1.56. The van der Waals surface area contributed by atoms with E-state index in [2.05, 4.69) is 13.5 Å². The van der Waals surface area contributed by atoms with Gasteiger partial charge < -0.3 is 4.90 Å². The van der Waals surface area contributed by atoms with Gasteiger partial charge in [0, 0.05) is 18.2 Å². The lowest BCUT2D eigenvalue weighted by Crippen LogP contribution is -2.31. The molecular formula is C12H21NO. The Labute approximate surface area is 87.0 Å². The first-order valence-corrected chi connectivity index (χ1v) is 5.63. The van der Waals surface area contributed by atoms with Crippen LogP contribution < -0.4 is 0 Å². The van der Waals surface area contributed by atoms with Gasteiger partial charge in [-0.15, -0.1) is 0 Å². The van der Waals surface area contributed by atoms with Crippen molar-refractivity contribution in [2.24, 2.45) is 5.92 Å². The van der Waals surface area contributed by atoms with Gasteiger partial charge in [0.05, 0.1) is 0 Å². The van der Waals surface area contributed by atoms with Gasteiger partial charge in [-0.3, -0.25) is 4.79 Å². The summed E-state index contributed by atoms with van der Waals surface area (Å²) < 4.78 is 0. The van der Waals surface area contributed by atoms with Crippen LogP contribution in [0.4, 0.5) is 0 Å². The summed E-state index contributed by atoms with van der Waals surface area (Å²) in [7, 11) is 0. The fourth-order valence-electron chi connectivity index (χ4n) is 1.56. The van der Waals surface area contributed by atoms with Crippen LogP contribution in [0.15, 0.2) is 12.3 Å². The molecule has 0 heterocycles. The molecule has 0 radical (unpaired) electrons. The van der Waals surface area contributed by atoms with Crippen LogP contribution in [0.1, 0.15) is 46.0 Å². The number of nitrogens with zero attached hydrogens (tertiary/aromatic N) is 1. The molecule has 2 heteroatoms. The Morgan fingerprint density at radius 1 is 1.43 bits per heavy atom. The van der Waals surface area contributed by atoms with Crippen molar-refractivity contribution in [3.8, 4) is 0 Å². The van der Waals surface area contributed by atoms with Crippen LogP contribution >= 0.6 is 0 Å². The van der Waals surface area contributed by atoms with Crippen molar-refractivity contribution < 1.29 is 4.79 Å². The third kappa shape index (κ3) is 3.17. The zero-order valence-corrected chi connectivity index (χ0v) is 9.38. The van der Waals surface area contributed by atoms with Gasteiger partial charge in [-0.2, -0.15) is 0 Å². The average molecular weight is 195 g/mol. The van der Waals surface area contributed by atoms with E-state index in [1.165, 1.54) is 12.8 Å². The summed E-state index contributed by atoms with van der Waals surface area (Å²) in [6, 6.07) is 0. The van der Waals surface area contributed by atoms with Gasteiger partial charge >= 0.3 is 0 Å². The van der Waals surface area contributed by atoms with Crippen LogP contribution in [0.25, 0.3) is 0 Å². The first-order valence-electron chi connectivity index (χ1n) is 5.63. The van der Waals surface area contributed by atoms with Crippen molar-refractivity contribution >= 4 is 5.91 Å². The number of carbonyl (C=O) groups is 1. The van der Waals surface area contributed by atoms with Crippen LogP contribution in [0.5, 0.6) is 0 Å². The summed E-state index contributed by atoms with van der Waals surface area (Å²) in [6.07, 6.45) is 5.65. The van der Waals surface area contributed by atoms with Gasteiger partial charge in [-0.25, -0.2) is 0 Å². The molecule has 1 saturated carbocycles. The molecule has 1 rings (SSSR count). The Balaban J connectivity index is 2.37. The summed E-state index contributed by atoms with van der Waals surface area (Å²) in [5.74, 6) is 0.613. The largest absolute Gasteiger partial charge is 0.317 e. The van der Waals surface area contributed by atoms with Crippen molar-refractivity contribution in [3.05, 3.63) is 12.3 Å². The number of hydrogen-bond acceptors (Lipinski definition) is 1. The van der Waals surface area contributed by atoms with Crippen LogP contribution in [-0.2, 0) is 4.79 Å². The maximum atomic E-state index is 11.8. The molecule has 0 spiro atoms. The number of hydrogen-bond donors (Lipinski definition) is 0. The van der Waals surface area contributed by atoms with Gasteiger partial charge in [0.25, 0.3) is 0 Å². The number of unbranched alkanes of at least 4 members (excludes halogenated alkanes) is 2. The molecule has 0 atom stereocenters. The van der Waals surface area contributed by atoms with E-state index in [4.69, 9.17) is 0 Å². The summed E-state index contributed by atoms with van der Waals surface area (Å²) in [5, 5.41) is 0. The molecule has 0 saturated heterocycles. The molecule has 1 amide bonds. The van der Waals surface area contributed by atoms with E-state index in [1.54, 1.807) is 0 Å². The highest BCUT2D eigenvalue weighted by Gasteiger charge is 2.33. The predicted octanol–water partition coefficient (Wildman–Crippen LogP) is 2.95. The Morgan fingerprint density at radius 3 is 2.50 bits per heavy atom. The van der Waals surface area contributed by atoms with E-state index < -0.39 is 0 Å². The van der Waals surface area contributed by atoms with Crippen LogP contribution in [0.2, 0.25) is 0 Å². The number of rotatable bonds is 6. The molecule has 0 unspecified atom stereocenters. The van der Waals surface area contributed by atoms with E-state index in [-0.39, 0.29) is 0 Å². The maximum absolute atomic E-state index is 11.8. The third-order valence-electron chi connectivity index (χ3n) is 2.64. The highest BCUT2D eigenvalue weighted by Crippen LogP contribution is 2.32. The highest BCUT2D eigenvalue weighted by atomic mass is 16.2. The normalized spacial score (nSPS) is 15.3. The maximum Gasteiger partial charge on any atom is 0.229 e. The minimum absolute atomic E-state index is 0.300. The standard InChI is InChI=1S/C12H21NO/c1-4-5-6-9-13(10(2)3)12(14)11-7-8-11/h11H,2,4-9H2,1,3H3. The Hall–Kier alpha value is -0.790. The Bertz CT molecular complexity index is 218. The molecule has 2 nitrogen and oxygen atoms in total. The highest BCUT2D eigenvalue weighted by molar-refractivity contribution is 5.82. The van der Waals surface area contributed by atoms with Crippen LogP contribution in [0, 0.1) is 5.92 Å². The lowest BCUT2D eigenvalue weighted by molar-refractivity contribution is -0.130. The summed E-state index contributed by atoms with van der Waals surface area (Å²) in [5.41, 5.74) is 0.901. The molecular weight excluding hydrogens is 174 g/mol. The van der Waals surface area contributed by atoms with Gasteiger partial charge in [0.1, 0.15) is 0 Å². The molecule has 0 N–H and O–H groups in total. The minimum Gasteiger partial charge on any atom is -0.317 e. The second-order valence-corrected chi connectivity index (χ2v) is 4.21. The molecule has 0 bridgehead atoms. The van der Waals surface area contributed by atoms with E-state index >= 15 is 0 Å². The topological polar surface area (TPSA) is 20.3 Å². The second kappa shape index (κ2) is 5.18. The molecule has 0 aromatic heterocycles. The fraction of sp³-hybridized carbons (Fsp3) is 0.750. The summed E-state index contributed by atoms with van der Waals surface area (Å²) in [6.45, 7) is 8.83. The first-order chi connectivity index (χ1) is 6.66. The Morgan fingerprint density at radius 2 is 2.07 bits per heavy atom. The molecule has 80 valence electrons. The lowest BCUT2D eigenvalue weighted by Gasteiger charge is -2.22. The van der Waals surface area contributed by atoms with Crippen molar-refractivity contribution in [3.63, 3.8) is 0 Å². The van der Waals surface area contributed by atoms with Crippen molar-refractivity contribution in [2.75, 3.05) is 6.54 Å². The lowest BCUT2D eigenvalue weighted by atomic mass is 10.2. The van der Waals surface area contributed by atoms with Crippen LogP contribution in [0.3, 0.4) is 0 Å². The van der Waals surface area contributed by atoms with E-state index in [9.17, 15) is 4.79 Å². The number of carbonyl (C=O) groups excluding carboxylic acids is 1. The van der Waals surface area contributed by atoms with Gasteiger partial charge in [-0.1, -0.05) is 26.3 Å². The quantitative estimate of drug-likeness (QED) is 0.597. The van der Waals surface area contributed by atoms with Crippen LogP contribution in [-0.4, -0.2) is 17.4 Å². The SMILES string of the molecule is C=C(C)N(CCCCC)C(=O)C1CC1. The summed E-state index contributed by atoms with van der Waals surface area (Å²) in [4.78, 5) is 13.7. The monoisotopic (exact) mass is 195 g/mol. The molecule has 1 fully saturated rings. The van der Waals surface area contributed by atoms with E-state index in [0.29, 0.717) is 11.8 Å². The van der Waals surface area contributed by atoms with E-state index in [0.717, 1.165) is 31.5 Å². The van der Waals surface area contributed by atoms with Crippen molar-refractivity contribution in [2.45, 2.75) is 46.0 Å². The Kier molecular flexibility index (Phi) is 4.18. The molecule has 1 aliphatic rings. The zero-order valence-electron chi connectivity index (χ0n) is 9.38. The van der Waals surface area contributed by atoms with Crippen molar-refractivity contribution in [1.82, 2.24) is 4.90 Å². The van der Waals surface area contributed by atoms with Gasteiger partial charge in [-0.05, 0) is 26.2 Å². The molecule has 14 heavy (non-hydrogen) atoms. The second-order valence-electron chi connectivity index (χ2n) is 4.21. The van der Waals surface area contributed by atoms with Crippen molar-refractivity contribution in [1.29, 1.82) is 0 Å². The molecule has 0 aromatic carbocycles. The predicted molar refractivity (Wildman–Crippen MR) is 58.8 cm³/mol. The molecule has 1 aliphatic carbocycles. The first kappa shape index (κ1) is 11.3. The zero-order chi connectivity index (χ0) is 10.6. The molecule has 0 aromatic rings.